The van der Waals surface area contributed by atoms with Crippen molar-refractivity contribution in [2.45, 2.75) is 77.4 Å². The van der Waals surface area contributed by atoms with E-state index in [1.807, 2.05) is 7.11 Å². The Labute approximate surface area is 120 Å². The van der Waals surface area contributed by atoms with Crippen LogP contribution in [0.4, 0.5) is 0 Å². The zero-order chi connectivity index (χ0) is 14.1. The minimum absolute atomic E-state index is 0.692. The van der Waals surface area contributed by atoms with Gasteiger partial charge < -0.3 is 10.1 Å². The van der Waals surface area contributed by atoms with Crippen molar-refractivity contribution in [2.24, 2.45) is 0 Å². The molecule has 1 saturated carbocycles. The van der Waals surface area contributed by atoms with E-state index >= 15 is 0 Å². The molecular weight excluding hydrogens is 236 g/mol. The number of rotatable bonds is 10. The molecule has 1 N–H and O–H groups in total. The van der Waals surface area contributed by atoms with Gasteiger partial charge in [0, 0.05) is 31.8 Å². The van der Waals surface area contributed by atoms with E-state index in [1.165, 1.54) is 38.5 Å². The molecule has 2 atom stereocenters. The van der Waals surface area contributed by atoms with E-state index in [2.05, 4.69) is 31.0 Å². The molecule has 0 aliphatic heterocycles. The maximum absolute atomic E-state index is 5.33. The first-order chi connectivity index (χ1) is 9.28. The third-order valence-electron chi connectivity index (χ3n) is 4.53. The van der Waals surface area contributed by atoms with Crippen molar-refractivity contribution in [2.75, 3.05) is 26.8 Å². The van der Waals surface area contributed by atoms with Gasteiger partial charge in [0.15, 0.2) is 0 Å². The Morgan fingerprint density at radius 1 is 1.21 bits per heavy atom. The zero-order valence-corrected chi connectivity index (χ0v) is 13.5. The molecule has 0 saturated heterocycles. The quantitative estimate of drug-likeness (QED) is 0.660. The third kappa shape index (κ3) is 5.05. The molecule has 3 nitrogen and oxygen atoms in total. The molecule has 3 heteroatoms. The first-order valence-corrected chi connectivity index (χ1v) is 8.26. The average molecular weight is 270 g/mol. The van der Waals surface area contributed by atoms with Gasteiger partial charge in [-0.1, -0.05) is 27.2 Å². The van der Waals surface area contributed by atoms with Gasteiger partial charge in [-0.25, -0.2) is 0 Å². The number of nitrogens with one attached hydrogen (secondary N) is 1. The molecule has 114 valence electrons. The lowest BCUT2D eigenvalue weighted by molar-refractivity contribution is 0.0705. The van der Waals surface area contributed by atoms with Crippen LogP contribution in [0.1, 0.15) is 59.3 Å². The number of hydrogen-bond acceptors (Lipinski definition) is 3. The van der Waals surface area contributed by atoms with Gasteiger partial charge in [0.25, 0.3) is 0 Å². The summed E-state index contributed by atoms with van der Waals surface area (Å²) in [5, 5.41) is 3.76. The van der Waals surface area contributed by atoms with Crippen LogP contribution < -0.4 is 5.32 Å². The molecule has 0 bridgehead atoms. The van der Waals surface area contributed by atoms with Gasteiger partial charge >= 0.3 is 0 Å². The molecule has 0 spiro atoms. The summed E-state index contributed by atoms with van der Waals surface area (Å²) in [6, 6.07) is 2.12. The summed E-state index contributed by atoms with van der Waals surface area (Å²) < 4.78 is 5.33. The predicted molar refractivity (Wildman–Crippen MR) is 82.7 cm³/mol. The van der Waals surface area contributed by atoms with Crippen molar-refractivity contribution in [3.8, 4) is 0 Å². The van der Waals surface area contributed by atoms with E-state index in [-0.39, 0.29) is 0 Å². The highest BCUT2D eigenvalue weighted by Crippen LogP contribution is 2.27. The van der Waals surface area contributed by atoms with Crippen LogP contribution in [0.2, 0.25) is 0 Å². The molecular formula is C16H34N2O. The Balaban J connectivity index is 2.65. The SMILES string of the molecule is CCCNC1CCCC1N(CCOC)C(CC)CC. The molecule has 1 rings (SSSR count). The van der Waals surface area contributed by atoms with Gasteiger partial charge in [-0.05, 0) is 38.6 Å². The number of ether oxygens (including phenoxy) is 1. The van der Waals surface area contributed by atoms with E-state index in [9.17, 15) is 0 Å². The summed E-state index contributed by atoms with van der Waals surface area (Å²) in [5.74, 6) is 0. The first-order valence-electron chi connectivity index (χ1n) is 8.26. The zero-order valence-electron chi connectivity index (χ0n) is 13.5. The minimum atomic E-state index is 0.692. The van der Waals surface area contributed by atoms with Gasteiger partial charge in [-0.3, -0.25) is 4.90 Å². The monoisotopic (exact) mass is 270 g/mol. The molecule has 0 aromatic heterocycles. The summed E-state index contributed by atoms with van der Waals surface area (Å²) in [5.41, 5.74) is 0. The third-order valence-corrected chi connectivity index (χ3v) is 4.53. The summed E-state index contributed by atoms with van der Waals surface area (Å²) >= 11 is 0. The van der Waals surface area contributed by atoms with Crippen molar-refractivity contribution in [1.29, 1.82) is 0 Å². The summed E-state index contributed by atoms with van der Waals surface area (Å²) in [4.78, 5) is 2.73. The van der Waals surface area contributed by atoms with E-state index < -0.39 is 0 Å². The fraction of sp³-hybridized carbons (Fsp3) is 1.00. The van der Waals surface area contributed by atoms with Crippen molar-refractivity contribution >= 4 is 0 Å². The van der Waals surface area contributed by atoms with Crippen LogP contribution in [-0.2, 0) is 4.74 Å². The van der Waals surface area contributed by atoms with Crippen LogP contribution in [0.15, 0.2) is 0 Å². The summed E-state index contributed by atoms with van der Waals surface area (Å²) in [6.45, 7) is 9.98. The van der Waals surface area contributed by atoms with Crippen LogP contribution >= 0.6 is 0 Å². The average Bonchev–Trinajstić information content (AvgIpc) is 2.89. The van der Waals surface area contributed by atoms with Gasteiger partial charge in [-0.2, -0.15) is 0 Å². The lowest BCUT2D eigenvalue weighted by atomic mass is 10.0. The molecule has 19 heavy (non-hydrogen) atoms. The van der Waals surface area contributed by atoms with Crippen LogP contribution in [-0.4, -0.2) is 49.8 Å². The van der Waals surface area contributed by atoms with Gasteiger partial charge in [-0.15, -0.1) is 0 Å². The standard InChI is InChI=1S/C16H34N2O/c1-5-11-17-15-9-8-10-16(15)18(12-13-19-4)14(6-2)7-3/h14-17H,5-13H2,1-4H3. The van der Waals surface area contributed by atoms with Crippen molar-refractivity contribution in [3.05, 3.63) is 0 Å². The fourth-order valence-corrected chi connectivity index (χ4v) is 3.48. The fourth-order valence-electron chi connectivity index (χ4n) is 3.48. The van der Waals surface area contributed by atoms with Crippen molar-refractivity contribution < 1.29 is 4.74 Å². The highest BCUT2D eigenvalue weighted by atomic mass is 16.5. The van der Waals surface area contributed by atoms with Crippen molar-refractivity contribution in [3.63, 3.8) is 0 Å². The molecule has 0 heterocycles. The first kappa shape index (κ1) is 16.9. The van der Waals surface area contributed by atoms with Crippen LogP contribution in [0.25, 0.3) is 0 Å². The molecule has 0 aromatic carbocycles. The minimum Gasteiger partial charge on any atom is -0.383 e. The van der Waals surface area contributed by atoms with Gasteiger partial charge in [0.05, 0.1) is 6.61 Å². The van der Waals surface area contributed by atoms with Gasteiger partial charge in [0.1, 0.15) is 0 Å². The molecule has 1 aliphatic carbocycles. The topological polar surface area (TPSA) is 24.5 Å². The number of methoxy groups -OCH3 is 1. The Hall–Kier alpha value is -0.120. The van der Waals surface area contributed by atoms with Crippen LogP contribution in [0.5, 0.6) is 0 Å². The summed E-state index contributed by atoms with van der Waals surface area (Å²) in [6.07, 6.45) is 7.78. The molecule has 1 aliphatic rings. The van der Waals surface area contributed by atoms with E-state index in [4.69, 9.17) is 4.74 Å². The molecule has 0 radical (unpaired) electrons. The molecule has 1 fully saturated rings. The highest BCUT2D eigenvalue weighted by Gasteiger charge is 2.33. The highest BCUT2D eigenvalue weighted by molar-refractivity contribution is 4.92. The number of hydrogen-bond donors (Lipinski definition) is 1. The second-order valence-corrected chi connectivity index (χ2v) is 5.76. The molecule has 0 aromatic rings. The predicted octanol–water partition coefficient (Wildman–Crippen LogP) is 3.04. The van der Waals surface area contributed by atoms with E-state index in [0.29, 0.717) is 18.1 Å². The number of nitrogens with zero attached hydrogens (tertiary/aromatic N) is 1. The van der Waals surface area contributed by atoms with Crippen molar-refractivity contribution in [1.82, 2.24) is 10.2 Å². The second kappa shape index (κ2) is 9.73. The Morgan fingerprint density at radius 3 is 2.53 bits per heavy atom. The Morgan fingerprint density at radius 2 is 1.95 bits per heavy atom. The van der Waals surface area contributed by atoms with Gasteiger partial charge in [0.2, 0.25) is 0 Å². The Bertz CT molecular complexity index is 219. The summed E-state index contributed by atoms with van der Waals surface area (Å²) in [7, 11) is 1.81. The van der Waals surface area contributed by atoms with Crippen LogP contribution in [0.3, 0.4) is 0 Å². The maximum atomic E-state index is 5.33. The van der Waals surface area contributed by atoms with E-state index in [0.717, 1.165) is 19.7 Å². The maximum Gasteiger partial charge on any atom is 0.0589 e. The Kier molecular flexibility index (Phi) is 8.67. The van der Waals surface area contributed by atoms with E-state index in [1.54, 1.807) is 0 Å². The normalized spacial score (nSPS) is 23.7. The molecule has 0 amide bonds. The molecule has 2 unspecified atom stereocenters. The lowest BCUT2D eigenvalue weighted by Gasteiger charge is -2.39. The smallest absolute Gasteiger partial charge is 0.0589 e. The lowest BCUT2D eigenvalue weighted by Crippen LogP contribution is -2.52. The van der Waals surface area contributed by atoms with Crippen LogP contribution in [0, 0.1) is 0 Å². The largest absolute Gasteiger partial charge is 0.383 e. The second-order valence-electron chi connectivity index (χ2n) is 5.76.